The van der Waals surface area contributed by atoms with Crippen LogP contribution in [-0.4, -0.2) is 29.7 Å². The van der Waals surface area contributed by atoms with Gasteiger partial charge in [-0.1, -0.05) is 0 Å². The fourth-order valence-corrected chi connectivity index (χ4v) is 1.44. The second-order valence-electron chi connectivity index (χ2n) is 3.37. The molecule has 0 aliphatic carbocycles. The summed E-state index contributed by atoms with van der Waals surface area (Å²) in [6.45, 7) is 0.682. The first-order valence-electron chi connectivity index (χ1n) is 4.74. The fourth-order valence-electron chi connectivity index (χ4n) is 1.44. The molecule has 2 aromatic heterocycles. The molecule has 0 radical (unpaired) electrons. The summed E-state index contributed by atoms with van der Waals surface area (Å²) < 4.78 is 3.61. The van der Waals surface area contributed by atoms with Crippen molar-refractivity contribution in [2.24, 2.45) is 7.05 Å². The predicted molar refractivity (Wildman–Crippen MR) is 52.9 cm³/mol. The molecule has 0 aliphatic rings. The van der Waals surface area contributed by atoms with E-state index in [-0.39, 0.29) is 6.61 Å². The van der Waals surface area contributed by atoms with Crippen LogP contribution < -0.4 is 0 Å². The van der Waals surface area contributed by atoms with Crippen LogP contribution in [0.4, 0.5) is 0 Å². The van der Waals surface area contributed by atoms with Crippen molar-refractivity contribution in [3.05, 3.63) is 30.1 Å². The summed E-state index contributed by atoms with van der Waals surface area (Å²) in [6.07, 6.45) is 6.30. The SMILES string of the molecule is Cn1cc(CCn2cnnc2CO)cn1. The van der Waals surface area contributed by atoms with E-state index in [4.69, 9.17) is 5.11 Å². The molecule has 0 amide bonds. The lowest BCUT2D eigenvalue weighted by molar-refractivity contribution is 0.264. The molecule has 0 aliphatic heterocycles. The highest BCUT2D eigenvalue weighted by Crippen LogP contribution is 2.02. The van der Waals surface area contributed by atoms with Gasteiger partial charge in [-0.2, -0.15) is 5.10 Å². The van der Waals surface area contributed by atoms with Crippen molar-refractivity contribution in [2.75, 3.05) is 0 Å². The van der Waals surface area contributed by atoms with Crippen LogP contribution in [0.2, 0.25) is 0 Å². The van der Waals surface area contributed by atoms with Crippen LogP contribution in [0.3, 0.4) is 0 Å². The van der Waals surface area contributed by atoms with E-state index in [1.165, 1.54) is 0 Å². The standard InChI is InChI=1S/C9H13N5O/c1-13-5-8(4-11-13)2-3-14-7-10-12-9(14)6-15/h4-5,7,15H,2-3,6H2,1H3. The molecule has 0 saturated carbocycles. The average molecular weight is 207 g/mol. The van der Waals surface area contributed by atoms with E-state index in [0.717, 1.165) is 18.5 Å². The van der Waals surface area contributed by atoms with Gasteiger partial charge in [0.1, 0.15) is 12.9 Å². The molecule has 0 aromatic carbocycles. The molecular formula is C9H13N5O. The molecule has 0 atom stereocenters. The molecule has 0 bridgehead atoms. The summed E-state index contributed by atoms with van der Waals surface area (Å²) >= 11 is 0. The molecule has 1 N–H and O–H groups in total. The predicted octanol–water partition coefficient (Wildman–Crippen LogP) is -0.253. The van der Waals surface area contributed by atoms with Crippen LogP contribution in [0, 0.1) is 0 Å². The van der Waals surface area contributed by atoms with Gasteiger partial charge in [0.05, 0.1) is 6.20 Å². The molecule has 2 heterocycles. The van der Waals surface area contributed by atoms with Crippen LogP contribution in [0.25, 0.3) is 0 Å². The molecule has 0 spiro atoms. The first-order valence-corrected chi connectivity index (χ1v) is 4.74. The molecule has 0 saturated heterocycles. The zero-order valence-electron chi connectivity index (χ0n) is 8.54. The van der Waals surface area contributed by atoms with Crippen LogP contribution in [-0.2, 0) is 26.6 Å². The van der Waals surface area contributed by atoms with Crippen molar-refractivity contribution in [2.45, 2.75) is 19.6 Å². The maximum Gasteiger partial charge on any atom is 0.158 e. The Morgan fingerprint density at radius 1 is 1.47 bits per heavy atom. The highest BCUT2D eigenvalue weighted by Gasteiger charge is 2.03. The molecule has 0 fully saturated rings. The quantitative estimate of drug-likeness (QED) is 0.750. The molecule has 0 unspecified atom stereocenters. The maximum atomic E-state index is 8.97. The molecule has 80 valence electrons. The van der Waals surface area contributed by atoms with E-state index in [1.54, 1.807) is 11.0 Å². The Morgan fingerprint density at radius 2 is 2.33 bits per heavy atom. The average Bonchev–Trinajstić information content (AvgIpc) is 2.83. The Hall–Kier alpha value is -1.69. The Labute approximate surface area is 87.2 Å². The lowest BCUT2D eigenvalue weighted by Crippen LogP contribution is -2.05. The number of rotatable bonds is 4. The Balaban J connectivity index is 1.98. The van der Waals surface area contributed by atoms with Crippen LogP contribution in [0.1, 0.15) is 11.4 Å². The minimum absolute atomic E-state index is 0.0763. The Bertz CT molecular complexity index is 433. The van der Waals surface area contributed by atoms with E-state index in [0.29, 0.717) is 5.82 Å². The lowest BCUT2D eigenvalue weighted by Gasteiger charge is -2.02. The second-order valence-corrected chi connectivity index (χ2v) is 3.37. The van der Waals surface area contributed by atoms with Gasteiger partial charge in [-0.25, -0.2) is 0 Å². The number of hydrogen-bond acceptors (Lipinski definition) is 4. The topological polar surface area (TPSA) is 68.8 Å². The summed E-state index contributed by atoms with van der Waals surface area (Å²) in [5.41, 5.74) is 1.16. The summed E-state index contributed by atoms with van der Waals surface area (Å²) in [5, 5.41) is 20.6. The molecule has 15 heavy (non-hydrogen) atoms. The molecule has 6 heteroatoms. The van der Waals surface area contributed by atoms with Gasteiger partial charge < -0.3 is 9.67 Å². The highest BCUT2D eigenvalue weighted by molar-refractivity contribution is 5.03. The van der Waals surface area contributed by atoms with Crippen LogP contribution in [0.15, 0.2) is 18.7 Å². The van der Waals surface area contributed by atoms with Crippen molar-refractivity contribution in [3.8, 4) is 0 Å². The third kappa shape index (κ3) is 2.21. The van der Waals surface area contributed by atoms with E-state index >= 15 is 0 Å². The van der Waals surface area contributed by atoms with Gasteiger partial charge in [0, 0.05) is 19.8 Å². The zero-order valence-corrected chi connectivity index (χ0v) is 8.54. The Kier molecular flexibility index (Phi) is 2.77. The molecular weight excluding hydrogens is 194 g/mol. The maximum absolute atomic E-state index is 8.97. The summed E-state index contributed by atoms with van der Waals surface area (Å²) in [7, 11) is 1.89. The van der Waals surface area contributed by atoms with E-state index in [9.17, 15) is 0 Å². The van der Waals surface area contributed by atoms with Gasteiger partial charge in [0.2, 0.25) is 0 Å². The van der Waals surface area contributed by atoms with Gasteiger partial charge in [0.25, 0.3) is 0 Å². The van der Waals surface area contributed by atoms with Crippen LogP contribution in [0.5, 0.6) is 0 Å². The summed E-state index contributed by atoms with van der Waals surface area (Å²) in [5.74, 6) is 0.596. The second kappa shape index (κ2) is 4.22. The minimum Gasteiger partial charge on any atom is -0.388 e. The number of hydrogen-bond donors (Lipinski definition) is 1. The largest absolute Gasteiger partial charge is 0.388 e. The molecule has 2 aromatic rings. The van der Waals surface area contributed by atoms with Crippen molar-refractivity contribution in [1.82, 2.24) is 24.5 Å². The van der Waals surface area contributed by atoms with E-state index < -0.39 is 0 Å². The van der Waals surface area contributed by atoms with Crippen molar-refractivity contribution in [1.29, 1.82) is 0 Å². The van der Waals surface area contributed by atoms with Crippen molar-refractivity contribution >= 4 is 0 Å². The highest BCUT2D eigenvalue weighted by atomic mass is 16.3. The third-order valence-corrected chi connectivity index (χ3v) is 2.24. The van der Waals surface area contributed by atoms with Gasteiger partial charge in [-0.3, -0.25) is 4.68 Å². The normalized spacial score (nSPS) is 10.8. The van der Waals surface area contributed by atoms with Gasteiger partial charge >= 0.3 is 0 Å². The number of aromatic nitrogens is 5. The minimum atomic E-state index is -0.0763. The third-order valence-electron chi connectivity index (χ3n) is 2.24. The van der Waals surface area contributed by atoms with E-state index in [2.05, 4.69) is 15.3 Å². The number of aryl methyl sites for hydroxylation is 3. The Morgan fingerprint density at radius 3 is 3.00 bits per heavy atom. The lowest BCUT2D eigenvalue weighted by atomic mass is 10.2. The van der Waals surface area contributed by atoms with Crippen LogP contribution >= 0.6 is 0 Å². The fraction of sp³-hybridized carbons (Fsp3) is 0.444. The first kappa shape index (κ1) is 9.85. The van der Waals surface area contributed by atoms with E-state index in [1.807, 2.05) is 24.0 Å². The summed E-state index contributed by atoms with van der Waals surface area (Å²) in [6, 6.07) is 0. The smallest absolute Gasteiger partial charge is 0.158 e. The number of nitrogens with zero attached hydrogens (tertiary/aromatic N) is 5. The number of aliphatic hydroxyl groups excluding tert-OH is 1. The van der Waals surface area contributed by atoms with Gasteiger partial charge in [-0.15, -0.1) is 10.2 Å². The van der Waals surface area contributed by atoms with Crippen molar-refractivity contribution in [3.63, 3.8) is 0 Å². The number of aliphatic hydroxyl groups is 1. The first-order chi connectivity index (χ1) is 7.29. The van der Waals surface area contributed by atoms with Gasteiger partial charge in [-0.05, 0) is 12.0 Å². The zero-order chi connectivity index (χ0) is 10.7. The molecule has 2 rings (SSSR count). The summed E-state index contributed by atoms with van der Waals surface area (Å²) in [4.78, 5) is 0. The van der Waals surface area contributed by atoms with Crippen molar-refractivity contribution < 1.29 is 5.11 Å². The van der Waals surface area contributed by atoms with Gasteiger partial charge in [0.15, 0.2) is 5.82 Å². The molecule has 6 nitrogen and oxygen atoms in total. The monoisotopic (exact) mass is 207 g/mol.